The van der Waals surface area contributed by atoms with Crippen LogP contribution < -0.4 is 10.2 Å². The van der Waals surface area contributed by atoms with Gasteiger partial charge in [0.15, 0.2) is 0 Å². The molecule has 2 N–H and O–H groups in total. The number of allylic oxidation sites excluding steroid dienone is 15. The van der Waals surface area contributed by atoms with Crippen LogP contribution in [0.2, 0.25) is 0 Å². The molecular weight excluding hydrogens is 1070 g/mol. The number of quaternary nitrogens is 1. The Labute approximate surface area is 528 Å². The van der Waals surface area contributed by atoms with Crippen LogP contribution >= 0.6 is 7.82 Å². The normalized spacial score (nSPS) is 14.2. The summed E-state index contributed by atoms with van der Waals surface area (Å²) in [5.41, 5.74) is 0. The van der Waals surface area contributed by atoms with Crippen molar-refractivity contribution in [3.05, 3.63) is 97.2 Å². The molecule has 0 heterocycles. The summed E-state index contributed by atoms with van der Waals surface area (Å²) in [6, 6.07) is -0.894. The molecule has 0 saturated heterocycles. The van der Waals surface area contributed by atoms with Crippen LogP contribution in [0.4, 0.5) is 0 Å². The Hall–Kier alpha value is -2.58. The minimum atomic E-state index is -4.61. The van der Waals surface area contributed by atoms with Gasteiger partial charge in [-0.1, -0.05) is 342 Å². The summed E-state index contributed by atoms with van der Waals surface area (Å²) in [6.45, 7) is 4.57. The predicted octanol–water partition coefficient (Wildman–Crippen LogP) is 22.6. The molecule has 0 spiro atoms. The molecule has 0 saturated carbocycles. The van der Waals surface area contributed by atoms with Crippen LogP contribution in [-0.2, 0) is 18.4 Å². The van der Waals surface area contributed by atoms with Gasteiger partial charge in [0.25, 0.3) is 7.82 Å². The Morgan fingerprint density at radius 2 is 0.718 bits per heavy atom. The molecule has 85 heavy (non-hydrogen) atoms. The standard InChI is InChI=1S/C76H139N2O6P/c1-6-8-10-12-14-16-18-20-22-24-26-28-30-32-34-36-37-38-39-40-41-42-44-46-48-50-52-54-56-58-60-62-64-66-68-70-76(80)77-74(73-84-85(81,82)83-72-71-78(3,4)5)75(79)69-67-65-63-61-59-57-55-53-51-49-47-45-43-35-33-31-29-27-25-23-21-19-17-15-13-11-9-7-2/h8,10,14,16,20,22,26,28,32,34,37-38,40-41,67,69,74-75,79H,6-7,9,11-13,15,17-19,21,23-25,27,29-31,33,35-36,39,42-66,68,70-73H2,1-5H3,(H-,77,80,81,82)/b10-8-,16-14-,22-20-,28-26-,34-32-,38-37-,41-40-,69-67+. The van der Waals surface area contributed by atoms with Crippen LogP contribution in [0.25, 0.3) is 0 Å². The highest BCUT2D eigenvalue weighted by atomic mass is 31.2. The van der Waals surface area contributed by atoms with Crippen LogP contribution in [0.3, 0.4) is 0 Å². The van der Waals surface area contributed by atoms with Crippen LogP contribution in [0, 0.1) is 0 Å². The van der Waals surface area contributed by atoms with Crippen molar-refractivity contribution in [1.82, 2.24) is 5.32 Å². The maximum Gasteiger partial charge on any atom is 0.268 e. The van der Waals surface area contributed by atoms with E-state index in [0.717, 1.165) is 83.5 Å². The van der Waals surface area contributed by atoms with Crippen LogP contribution in [0.1, 0.15) is 328 Å². The van der Waals surface area contributed by atoms with Crippen molar-refractivity contribution < 1.29 is 32.9 Å². The summed E-state index contributed by atoms with van der Waals surface area (Å²) in [5, 5.41) is 14.0. The second kappa shape index (κ2) is 65.9. The summed E-state index contributed by atoms with van der Waals surface area (Å²) in [4.78, 5) is 25.7. The van der Waals surface area contributed by atoms with Crippen molar-refractivity contribution in [3.63, 3.8) is 0 Å². The molecule has 0 aromatic rings. The van der Waals surface area contributed by atoms with E-state index in [-0.39, 0.29) is 19.1 Å². The van der Waals surface area contributed by atoms with Crippen LogP contribution in [0.15, 0.2) is 97.2 Å². The molecule has 0 aromatic heterocycles. The molecule has 3 unspecified atom stereocenters. The van der Waals surface area contributed by atoms with Crippen LogP contribution in [0.5, 0.6) is 0 Å². The third-order valence-electron chi connectivity index (χ3n) is 16.0. The van der Waals surface area contributed by atoms with Gasteiger partial charge in [-0.15, -0.1) is 0 Å². The van der Waals surface area contributed by atoms with Crippen molar-refractivity contribution in [3.8, 4) is 0 Å². The van der Waals surface area contributed by atoms with E-state index in [0.29, 0.717) is 17.4 Å². The number of amides is 1. The van der Waals surface area contributed by atoms with Crippen molar-refractivity contribution in [2.75, 3.05) is 40.9 Å². The first-order valence-electron chi connectivity index (χ1n) is 36.1. The van der Waals surface area contributed by atoms with E-state index in [9.17, 15) is 19.4 Å². The molecule has 3 atom stereocenters. The van der Waals surface area contributed by atoms with Gasteiger partial charge in [-0.25, -0.2) is 0 Å². The highest BCUT2D eigenvalue weighted by Crippen LogP contribution is 2.38. The van der Waals surface area contributed by atoms with E-state index in [1.54, 1.807) is 6.08 Å². The number of unbranched alkanes of at least 4 members (excludes halogenated alkanes) is 39. The lowest BCUT2D eigenvalue weighted by Gasteiger charge is -2.29. The lowest BCUT2D eigenvalue weighted by molar-refractivity contribution is -0.870. The average molecular weight is 1210 g/mol. The molecule has 0 radical (unpaired) electrons. The number of hydrogen-bond acceptors (Lipinski definition) is 6. The molecular formula is C76H139N2O6P. The Morgan fingerprint density at radius 3 is 1.05 bits per heavy atom. The van der Waals surface area contributed by atoms with Gasteiger partial charge in [0.05, 0.1) is 39.9 Å². The molecule has 0 aromatic carbocycles. The smallest absolute Gasteiger partial charge is 0.268 e. The van der Waals surface area contributed by atoms with Crippen molar-refractivity contribution in [2.24, 2.45) is 0 Å². The molecule has 0 aliphatic rings. The number of aliphatic hydroxyl groups excluding tert-OH is 1. The lowest BCUT2D eigenvalue weighted by Crippen LogP contribution is -2.45. The van der Waals surface area contributed by atoms with Gasteiger partial charge in [0, 0.05) is 6.42 Å². The maximum absolute atomic E-state index is 13.1. The summed E-state index contributed by atoms with van der Waals surface area (Å²) in [6.07, 6.45) is 95.3. The van der Waals surface area contributed by atoms with Crippen molar-refractivity contribution in [2.45, 2.75) is 341 Å². The fraction of sp³-hybridized carbons (Fsp3) is 0.776. The number of nitrogens with one attached hydrogen (secondary N) is 1. The second-order valence-electron chi connectivity index (χ2n) is 25.6. The first-order chi connectivity index (χ1) is 41.5. The number of carbonyl (C=O) groups is 1. The number of likely N-dealkylation sites (N-methyl/N-ethyl adjacent to an activating group) is 1. The van der Waals surface area contributed by atoms with Gasteiger partial charge in [-0.05, 0) is 77.0 Å². The number of phosphoric acid groups is 1. The van der Waals surface area contributed by atoms with E-state index in [1.165, 1.54) is 225 Å². The molecule has 0 aliphatic heterocycles. The molecule has 0 bridgehead atoms. The van der Waals surface area contributed by atoms with Gasteiger partial charge in [-0.3, -0.25) is 9.36 Å². The van der Waals surface area contributed by atoms with Crippen molar-refractivity contribution >= 4 is 13.7 Å². The highest BCUT2D eigenvalue weighted by molar-refractivity contribution is 7.45. The summed E-state index contributed by atoms with van der Waals surface area (Å²) in [5.74, 6) is -0.198. The maximum atomic E-state index is 13.1. The van der Waals surface area contributed by atoms with Gasteiger partial charge < -0.3 is 28.8 Å². The Kier molecular flexibility index (Phi) is 63.9. The molecule has 494 valence electrons. The molecule has 0 aliphatic carbocycles. The first-order valence-corrected chi connectivity index (χ1v) is 37.6. The van der Waals surface area contributed by atoms with E-state index in [2.05, 4.69) is 104 Å². The number of phosphoric ester groups is 1. The minimum Gasteiger partial charge on any atom is -0.756 e. The number of nitrogens with zero attached hydrogens (tertiary/aromatic N) is 1. The van der Waals surface area contributed by atoms with E-state index in [1.807, 2.05) is 27.2 Å². The lowest BCUT2D eigenvalue weighted by atomic mass is 10.0. The first kappa shape index (κ1) is 82.4. The predicted molar refractivity (Wildman–Crippen MR) is 371 cm³/mol. The van der Waals surface area contributed by atoms with Gasteiger partial charge >= 0.3 is 0 Å². The topological polar surface area (TPSA) is 108 Å². The molecule has 8 nitrogen and oxygen atoms in total. The average Bonchev–Trinajstić information content (AvgIpc) is 3.48. The third-order valence-corrected chi connectivity index (χ3v) is 17.0. The molecule has 1 amide bonds. The summed E-state index contributed by atoms with van der Waals surface area (Å²) >= 11 is 0. The quantitative estimate of drug-likeness (QED) is 0.0272. The zero-order valence-corrected chi connectivity index (χ0v) is 57.4. The van der Waals surface area contributed by atoms with E-state index >= 15 is 0 Å². The fourth-order valence-electron chi connectivity index (χ4n) is 10.5. The zero-order valence-electron chi connectivity index (χ0n) is 56.5. The monoisotopic (exact) mass is 1210 g/mol. The van der Waals surface area contributed by atoms with Crippen LogP contribution in [-0.4, -0.2) is 68.5 Å². The summed E-state index contributed by atoms with van der Waals surface area (Å²) < 4.78 is 23.5. The largest absolute Gasteiger partial charge is 0.756 e. The Morgan fingerprint density at radius 1 is 0.424 bits per heavy atom. The Balaban J connectivity index is 4.08. The van der Waals surface area contributed by atoms with Crippen molar-refractivity contribution in [1.29, 1.82) is 0 Å². The van der Waals surface area contributed by atoms with E-state index < -0.39 is 20.0 Å². The molecule has 0 fully saturated rings. The zero-order chi connectivity index (χ0) is 61.9. The highest BCUT2D eigenvalue weighted by Gasteiger charge is 2.23. The molecule has 0 rings (SSSR count). The SMILES string of the molecule is CC/C=C\C/C=C\C/C=C\C/C=C\C/C=C\C/C=C\C/C=C\CCCCCCCCCCCCCCCC(=O)NC(COP(=O)([O-])OCC[N+](C)(C)C)C(O)/C=C/CCCCCCCCCCCCCCCCCCCCCCCCCCCC. The summed E-state index contributed by atoms with van der Waals surface area (Å²) in [7, 11) is 1.26. The number of carbonyl (C=O) groups excluding carboxylic acids is 1. The Bertz CT molecular complexity index is 1710. The fourth-order valence-corrected chi connectivity index (χ4v) is 11.2. The number of aliphatic hydroxyl groups is 1. The van der Waals surface area contributed by atoms with Gasteiger partial charge in [-0.2, -0.15) is 0 Å². The minimum absolute atomic E-state index is 0.00379. The molecule has 9 heteroatoms. The third kappa shape index (κ3) is 68.8. The number of hydrogen-bond donors (Lipinski definition) is 2. The number of rotatable bonds is 66. The van der Waals surface area contributed by atoms with Gasteiger partial charge in [0.1, 0.15) is 13.2 Å². The second-order valence-corrected chi connectivity index (χ2v) is 27.0. The van der Waals surface area contributed by atoms with Gasteiger partial charge in [0.2, 0.25) is 5.91 Å². The van der Waals surface area contributed by atoms with E-state index in [4.69, 9.17) is 9.05 Å².